The van der Waals surface area contributed by atoms with Crippen molar-refractivity contribution >= 4 is 23.4 Å². The fourth-order valence-corrected chi connectivity index (χ4v) is 2.75. The number of nitrogens with zero attached hydrogens (tertiary/aromatic N) is 1. The first-order valence-corrected chi connectivity index (χ1v) is 7.88. The minimum absolute atomic E-state index is 0.0240. The number of nitrogens with two attached hydrogens (primary N) is 1. The molecule has 2 rings (SSSR count). The second kappa shape index (κ2) is 8.24. The Morgan fingerprint density at radius 1 is 1.08 bits per heavy atom. The van der Waals surface area contributed by atoms with E-state index in [0.717, 1.165) is 32.1 Å². The fraction of sp³-hybridized carbons (Fsp3) is 0.412. The normalized spacial score (nSPS) is 15.6. The smallest absolute Gasteiger partial charge is 0.337 e. The molecular formula is C17H21N3O4. The quantitative estimate of drug-likeness (QED) is 0.276. The number of carbonyl (C=O) groups is 3. The van der Waals surface area contributed by atoms with Gasteiger partial charge in [-0.2, -0.15) is 5.10 Å². The predicted octanol–water partition coefficient (Wildman–Crippen LogP) is 1.15. The van der Waals surface area contributed by atoms with Crippen LogP contribution < -0.4 is 11.2 Å². The van der Waals surface area contributed by atoms with E-state index in [-0.39, 0.29) is 11.8 Å². The molecule has 0 spiro atoms. The van der Waals surface area contributed by atoms with Crippen LogP contribution in [0.5, 0.6) is 0 Å². The number of esters is 1. The summed E-state index contributed by atoms with van der Waals surface area (Å²) in [7, 11) is 1.28. The van der Waals surface area contributed by atoms with Crippen LogP contribution in [0.3, 0.4) is 0 Å². The second-order valence-corrected chi connectivity index (χ2v) is 5.68. The number of carbonyl (C=O) groups excluding carboxylic acids is 3. The van der Waals surface area contributed by atoms with Crippen molar-refractivity contribution in [3.8, 4) is 0 Å². The fourth-order valence-electron chi connectivity index (χ4n) is 2.75. The first-order valence-electron chi connectivity index (χ1n) is 7.88. The molecule has 0 radical (unpaired) electrons. The van der Waals surface area contributed by atoms with E-state index in [2.05, 4.69) is 15.2 Å². The minimum atomic E-state index is -0.783. The Morgan fingerprint density at radius 2 is 1.67 bits per heavy atom. The van der Waals surface area contributed by atoms with Crippen LogP contribution in [0.15, 0.2) is 29.4 Å². The van der Waals surface area contributed by atoms with Crippen LogP contribution in [-0.2, 0) is 14.3 Å². The first kappa shape index (κ1) is 17.7. The third-order valence-corrected chi connectivity index (χ3v) is 4.07. The van der Waals surface area contributed by atoms with Gasteiger partial charge in [0.2, 0.25) is 0 Å². The summed E-state index contributed by atoms with van der Waals surface area (Å²) >= 11 is 0. The maximum absolute atomic E-state index is 12.3. The molecule has 1 saturated carbocycles. The molecule has 3 N–H and O–H groups in total. The van der Waals surface area contributed by atoms with E-state index in [4.69, 9.17) is 5.84 Å². The van der Waals surface area contributed by atoms with Crippen molar-refractivity contribution in [3.05, 3.63) is 35.4 Å². The molecule has 7 heteroatoms. The molecule has 1 fully saturated rings. The number of hydrogen-bond acceptors (Lipinski definition) is 6. The van der Waals surface area contributed by atoms with Gasteiger partial charge in [0.25, 0.3) is 11.7 Å². The molecule has 128 valence electrons. The number of benzene rings is 1. The third kappa shape index (κ3) is 4.18. The maximum Gasteiger partial charge on any atom is 0.337 e. The van der Waals surface area contributed by atoms with Gasteiger partial charge in [-0.1, -0.05) is 31.4 Å². The summed E-state index contributed by atoms with van der Waals surface area (Å²) < 4.78 is 4.61. The van der Waals surface area contributed by atoms with Crippen molar-refractivity contribution in [3.63, 3.8) is 0 Å². The lowest BCUT2D eigenvalue weighted by molar-refractivity contribution is -0.134. The van der Waals surface area contributed by atoms with E-state index in [1.165, 1.54) is 31.4 Å². The van der Waals surface area contributed by atoms with E-state index in [9.17, 15) is 14.4 Å². The summed E-state index contributed by atoms with van der Waals surface area (Å²) in [6.07, 6.45) is 5.00. The molecule has 0 heterocycles. The van der Waals surface area contributed by atoms with Crippen molar-refractivity contribution < 1.29 is 19.1 Å². The number of hydrogen-bond donors (Lipinski definition) is 2. The summed E-state index contributed by atoms with van der Waals surface area (Å²) in [5.74, 6) is 3.32. The summed E-state index contributed by atoms with van der Waals surface area (Å²) in [4.78, 5) is 35.9. The molecular weight excluding hydrogens is 310 g/mol. The lowest BCUT2D eigenvalue weighted by Crippen LogP contribution is -2.43. The molecule has 0 atom stereocenters. The van der Waals surface area contributed by atoms with Crippen LogP contribution in [0.25, 0.3) is 0 Å². The predicted molar refractivity (Wildman–Crippen MR) is 88.5 cm³/mol. The molecule has 0 aromatic heterocycles. The SMILES string of the molecule is COC(=O)c1ccc(C(=NN)C(=O)C(=O)NC2CCCCC2)cc1. The van der Waals surface area contributed by atoms with Gasteiger partial charge in [0.05, 0.1) is 12.7 Å². The number of hydrazone groups is 1. The number of nitrogens with one attached hydrogen (secondary N) is 1. The molecule has 1 aromatic rings. The number of methoxy groups -OCH3 is 1. The second-order valence-electron chi connectivity index (χ2n) is 5.68. The highest BCUT2D eigenvalue weighted by molar-refractivity contribution is 6.68. The summed E-state index contributed by atoms with van der Waals surface area (Å²) in [5.41, 5.74) is 0.561. The summed E-state index contributed by atoms with van der Waals surface area (Å²) in [6.45, 7) is 0. The Balaban J connectivity index is 2.08. The highest BCUT2D eigenvalue weighted by Gasteiger charge is 2.25. The highest BCUT2D eigenvalue weighted by atomic mass is 16.5. The summed E-state index contributed by atoms with van der Waals surface area (Å²) in [5, 5.41) is 6.20. The van der Waals surface area contributed by atoms with Gasteiger partial charge in [0.15, 0.2) is 0 Å². The van der Waals surface area contributed by atoms with E-state index < -0.39 is 17.7 Å². The zero-order chi connectivity index (χ0) is 17.5. The van der Waals surface area contributed by atoms with Gasteiger partial charge in [-0.25, -0.2) is 4.79 Å². The number of rotatable bonds is 5. The van der Waals surface area contributed by atoms with Gasteiger partial charge in [-0.15, -0.1) is 0 Å². The standard InChI is InChI=1S/C17H21N3O4/c1-24-17(23)12-9-7-11(8-10-12)14(20-18)15(21)16(22)19-13-5-3-2-4-6-13/h7-10,13H,2-6,18H2,1H3,(H,19,22). The maximum atomic E-state index is 12.3. The van der Waals surface area contributed by atoms with Gasteiger partial charge in [-0.05, 0) is 25.0 Å². The number of ketones is 1. The van der Waals surface area contributed by atoms with Gasteiger partial charge in [-0.3, -0.25) is 9.59 Å². The monoisotopic (exact) mass is 331 g/mol. The number of Topliss-reactive ketones (excluding diaryl/α,β-unsaturated/α-hetero) is 1. The van der Waals surface area contributed by atoms with E-state index in [1.54, 1.807) is 0 Å². The number of ether oxygens (including phenoxy) is 1. The molecule has 0 saturated heterocycles. The molecule has 0 aliphatic heterocycles. The van der Waals surface area contributed by atoms with Crippen LogP contribution in [0, 0.1) is 0 Å². The molecule has 1 aromatic carbocycles. The minimum Gasteiger partial charge on any atom is -0.465 e. The molecule has 0 unspecified atom stereocenters. The van der Waals surface area contributed by atoms with Crippen molar-refractivity contribution in [2.24, 2.45) is 10.9 Å². The van der Waals surface area contributed by atoms with Crippen molar-refractivity contribution in [1.29, 1.82) is 0 Å². The zero-order valence-electron chi connectivity index (χ0n) is 13.6. The van der Waals surface area contributed by atoms with E-state index in [0.29, 0.717) is 11.1 Å². The van der Waals surface area contributed by atoms with E-state index >= 15 is 0 Å². The lowest BCUT2D eigenvalue weighted by atomic mass is 9.95. The highest BCUT2D eigenvalue weighted by Crippen LogP contribution is 2.17. The first-order chi connectivity index (χ1) is 11.6. The van der Waals surface area contributed by atoms with Gasteiger partial charge < -0.3 is 15.9 Å². The Labute approximate surface area is 140 Å². The van der Waals surface area contributed by atoms with Gasteiger partial charge in [0, 0.05) is 11.6 Å². The van der Waals surface area contributed by atoms with Gasteiger partial charge in [0.1, 0.15) is 5.71 Å². The van der Waals surface area contributed by atoms with Crippen LogP contribution in [0.1, 0.15) is 48.0 Å². The molecule has 0 bridgehead atoms. The topological polar surface area (TPSA) is 111 Å². The van der Waals surface area contributed by atoms with Crippen molar-refractivity contribution in [1.82, 2.24) is 5.32 Å². The van der Waals surface area contributed by atoms with Crippen LogP contribution in [-0.4, -0.2) is 36.5 Å². The largest absolute Gasteiger partial charge is 0.465 e. The molecule has 24 heavy (non-hydrogen) atoms. The van der Waals surface area contributed by atoms with Gasteiger partial charge >= 0.3 is 5.97 Å². The van der Waals surface area contributed by atoms with Crippen molar-refractivity contribution in [2.75, 3.05) is 7.11 Å². The molecule has 1 aliphatic rings. The average Bonchev–Trinajstić information content (AvgIpc) is 2.63. The summed E-state index contributed by atoms with van der Waals surface area (Å²) in [6, 6.07) is 6.00. The zero-order valence-corrected chi connectivity index (χ0v) is 13.6. The molecule has 1 amide bonds. The lowest BCUT2D eigenvalue weighted by Gasteiger charge is -2.22. The Bertz CT molecular complexity index is 646. The Kier molecular flexibility index (Phi) is 6.06. The molecule has 7 nitrogen and oxygen atoms in total. The van der Waals surface area contributed by atoms with Crippen LogP contribution in [0.2, 0.25) is 0 Å². The third-order valence-electron chi connectivity index (χ3n) is 4.07. The Morgan fingerprint density at radius 3 is 2.21 bits per heavy atom. The molecule has 1 aliphatic carbocycles. The Hall–Kier alpha value is -2.70. The van der Waals surface area contributed by atoms with Crippen LogP contribution in [0.4, 0.5) is 0 Å². The number of amides is 1. The van der Waals surface area contributed by atoms with E-state index in [1.807, 2.05) is 0 Å². The average molecular weight is 331 g/mol. The van der Waals surface area contributed by atoms with Crippen molar-refractivity contribution in [2.45, 2.75) is 38.1 Å². The van der Waals surface area contributed by atoms with Crippen LogP contribution >= 0.6 is 0 Å².